The summed E-state index contributed by atoms with van der Waals surface area (Å²) in [7, 11) is 0. The zero-order valence-corrected chi connectivity index (χ0v) is 16.5. The Morgan fingerprint density at radius 3 is 2.55 bits per heavy atom. The number of carbonyl (C=O) groups is 1. The van der Waals surface area contributed by atoms with Gasteiger partial charge in [-0.1, -0.05) is 18.2 Å². The number of para-hydroxylation sites is 1. The van der Waals surface area contributed by atoms with Crippen LogP contribution in [0.5, 0.6) is 5.75 Å². The molecule has 3 fully saturated rings. The number of alkyl halides is 2. The molecule has 6 nitrogen and oxygen atoms in total. The quantitative estimate of drug-likeness (QED) is 0.672. The van der Waals surface area contributed by atoms with Gasteiger partial charge in [0.15, 0.2) is 0 Å². The lowest BCUT2D eigenvalue weighted by atomic mass is 9.76. The lowest BCUT2D eigenvalue weighted by Crippen LogP contribution is -2.43. The molecule has 0 N–H and O–H groups in total. The second kappa shape index (κ2) is 8.93. The maximum Gasteiger partial charge on any atom is 0.387 e. The monoisotopic (exact) mass is 410 g/mol. The summed E-state index contributed by atoms with van der Waals surface area (Å²) in [5.74, 6) is 0.144. The van der Waals surface area contributed by atoms with E-state index in [-0.39, 0.29) is 17.8 Å². The van der Waals surface area contributed by atoms with Crippen LogP contribution in [-0.2, 0) is 20.8 Å². The number of morpholine rings is 1. The van der Waals surface area contributed by atoms with E-state index < -0.39 is 12.0 Å². The second-order valence-electron chi connectivity index (χ2n) is 8.19. The van der Waals surface area contributed by atoms with Crippen molar-refractivity contribution in [1.29, 1.82) is 0 Å². The first-order valence-corrected chi connectivity index (χ1v) is 10.3. The number of hydrogen-bond donors (Lipinski definition) is 0. The van der Waals surface area contributed by atoms with Crippen LogP contribution in [0.2, 0.25) is 0 Å². The molecule has 1 unspecified atom stereocenters. The number of piperidine rings is 1. The highest BCUT2D eigenvalue weighted by Crippen LogP contribution is 2.43. The van der Waals surface area contributed by atoms with E-state index in [0.717, 1.165) is 70.8 Å². The van der Waals surface area contributed by atoms with Crippen molar-refractivity contribution in [3.63, 3.8) is 0 Å². The molecule has 0 aromatic heterocycles. The SMILES string of the molecule is O=C1OC(CN2CCOCC2)CC12CCN(Cc1ccccc1OC(F)F)CC2. The molecule has 0 bridgehead atoms. The van der Waals surface area contributed by atoms with Gasteiger partial charge in [-0.2, -0.15) is 8.78 Å². The summed E-state index contributed by atoms with van der Waals surface area (Å²) in [6.45, 7) is 3.19. The Morgan fingerprint density at radius 1 is 1.10 bits per heavy atom. The van der Waals surface area contributed by atoms with Crippen LogP contribution in [0.25, 0.3) is 0 Å². The Hall–Kier alpha value is -1.77. The van der Waals surface area contributed by atoms with Crippen LogP contribution in [0, 0.1) is 5.41 Å². The molecule has 3 aliphatic heterocycles. The summed E-state index contributed by atoms with van der Waals surface area (Å²) in [5.41, 5.74) is 0.342. The fraction of sp³-hybridized carbons (Fsp3) is 0.667. The zero-order valence-electron chi connectivity index (χ0n) is 16.5. The van der Waals surface area contributed by atoms with Crippen LogP contribution < -0.4 is 4.74 Å². The lowest BCUT2D eigenvalue weighted by Gasteiger charge is -2.36. The van der Waals surface area contributed by atoms with E-state index in [1.54, 1.807) is 12.1 Å². The molecule has 3 heterocycles. The lowest BCUT2D eigenvalue weighted by molar-refractivity contribution is -0.151. The number of hydrogen-bond acceptors (Lipinski definition) is 6. The number of nitrogens with zero attached hydrogens (tertiary/aromatic N) is 2. The van der Waals surface area contributed by atoms with E-state index >= 15 is 0 Å². The topological polar surface area (TPSA) is 51.2 Å². The van der Waals surface area contributed by atoms with Crippen molar-refractivity contribution in [3.8, 4) is 5.75 Å². The van der Waals surface area contributed by atoms with Crippen molar-refractivity contribution in [3.05, 3.63) is 29.8 Å². The predicted molar refractivity (Wildman–Crippen MR) is 102 cm³/mol. The molecule has 1 spiro atoms. The van der Waals surface area contributed by atoms with Gasteiger partial charge >= 0.3 is 12.6 Å². The third-order valence-electron chi connectivity index (χ3n) is 6.29. The first-order valence-electron chi connectivity index (χ1n) is 10.3. The maximum absolute atomic E-state index is 12.7. The van der Waals surface area contributed by atoms with Crippen LogP contribution in [0.3, 0.4) is 0 Å². The summed E-state index contributed by atoms with van der Waals surface area (Å²) in [6.07, 6.45) is 2.20. The minimum absolute atomic E-state index is 0.0488. The number of carbonyl (C=O) groups excluding carboxylic acids is 1. The number of cyclic esters (lactones) is 1. The molecule has 160 valence electrons. The van der Waals surface area contributed by atoms with Crippen molar-refractivity contribution < 1.29 is 27.8 Å². The van der Waals surface area contributed by atoms with E-state index in [4.69, 9.17) is 9.47 Å². The predicted octanol–water partition coefficient (Wildman–Crippen LogP) is 2.52. The fourth-order valence-electron chi connectivity index (χ4n) is 4.64. The highest BCUT2D eigenvalue weighted by molar-refractivity contribution is 5.79. The average molecular weight is 410 g/mol. The normalized spacial score (nSPS) is 25.5. The molecule has 3 aliphatic rings. The van der Waals surface area contributed by atoms with Gasteiger partial charge < -0.3 is 14.2 Å². The van der Waals surface area contributed by atoms with E-state index in [1.807, 2.05) is 12.1 Å². The van der Waals surface area contributed by atoms with Gasteiger partial charge in [-0.3, -0.25) is 14.6 Å². The molecule has 0 amide bonds. The van der Waals surface area contributed by atoms with Crippen molar-refractivity contribution >= 4 is 5.97 Å². The van der Waals surface area contributed by atoms with Crippen LogP contribution in [-0.4, -0.2) is 74.4 Å². The Balaban J connectivity index is 1.31. The molecule has 4 rings (SSSR count). The van der Waals surface area contributed by atoms with Gasteiger partial charge in [0.25, 0.3) is 0 Å². The molecular formula is C21H28F2N2O4. The molecule has 1 aromatic rings. The Morgan fingerprint density at radius 2 is 1.83 bits per heavy atom. The first kappa shape index (κ1) is 20.5. The third kappa shape index (κ3) is 4.87. The van der Waals surface area contributed by atoms with E-state index in [0.29, 0.717) is 6.54 Å². The van der Waals surface area contributed by atoms with Gasteiger partial charge in [-0.15, -0.1) is 0 Å². The van der Waals surface area contributed by atoms with E-state index in [1.165, 1.54) is 0 Å². The van der Waals surface area contributed by atoms with Gasteiger partial charge in [0.2, 0.25) is 0 Å². The van der Waals surface area contributed by atoms with Crippen molar-refractivity contribution in [2.45, 2.75) is 38.5 Å². The molecule has 3 saturated heterocycles. The minimum atomic E-state index is -2.84. The van der Waals surface area contributed by atoms with Gasteiger partial charge in [-0.05, 0) is 32.0 Å². The van der Waals surface area contributed by atoms with Crippen LogP contribution in [0.4, 0.5) is 8.78 Å². The highest BCUT2D eigenvalue weighted by Gasteiger charge is 2.50. The third-order valence-corrected chi connectivity index (χ3v) is 6.29. The van der Waals surface area contributed by atoms with Crippen molar-refractivity contribution in [2.24, 2.45) is 5.41 Å². The number of benzene rings is 1. The minimum Gasteiger partial charge on any atom is -0.461 e. The fourth-order valence-corrected chi connectivity index (χ4v) is 4.64. The van der Waals surface area contributed by atoms with Gasteiger partial charge in [0.1, 0.15) is 11.9 Å². The number of halogens is 2. The van der Waals surface area contributed by atoms with Crippen molar-refractivity contribution in [1.82, 2.24) is 9.80 Å². The molecule has 0 saturated carbocycles. The summed E-state index contributed by atoms with van der Waals surface area (Å²) >= 11 is 0. The number of likely N-dealkylation sites (tertiary alicyclic amines) is 1. The molecule has 29 heavy (non-hydrogen) atoms. The largest absolute Gasteiger partial charge is 0.461 e. The smallest absolute Gasteiger partial charge is 0.387 e. The molecule has 0 radical (unpaired) electrons. The summed E-state index contributed by atoms with van der Waals surface area (Å²) in [4.78, 5) is 17.2. The maximum atomic E-state index is 12.7. The number of rotatable bonds is 6. The van der Waals surface area contributed by atoms with Gasteiger partial charge in [-0.25, -0.2) is 0 Å². The van der Waals surface area contributed by atoms with E-state index in [2.05, 4.69) is 14.5 Å². The molecule has 1 atom stereocenters. The zero-order chi connectivity index (χ0) is 20.3. The van der Waals surface area contributed by atoms with E-state index in [9.17, 15) is 13.6 Å². The van der Waals surface area contributed by atoms with Crippen LogP contribution in [0.1, 0.15) is 24.8 Å². The first-order chi connectivity index (χ1) is 14.0. The highest BCUT2D eigenvalue weighted by atomic mass is 19.3. The Kier molecular flexibility index (Phi) is 6.32. The van der Waals surface area contributed by atoms with Gasteiger partial charge in [0, 0.05) is 38.2 Å². The number of esters is 1. The summed E-state index contributed by atoms with van der Waals surface area (Å²) in [6, 6.07) is 6.89. The molecule has 8 heteroatoms. The number of ether oxygens (including phenoxy) is 3. The average Bonchev–Trinajstić information content (AvgIpc) is 3.00. The van der Waals surface area contributed by atoms with Gasteiger partial charge in [0.05, 0.1) is 18.6 Å². The Labute approximate surface area is 169 Å². The Bertz CT molecular complexity index is 704. The van der Waals surface area contributed by atoms with Crippen molar-refractivity contribution in [2.75, 3.05) is 45.9 Å². The van der Waals surface area contributed by atoms with Crippen LogP contribution in [0.15, 0.2) is 24.3 Å². The molecular weight excluding hydrogens is 382 g/mol. The second-order valence-corrected chi connectivity index (χ2v) is 8.19. The molecule has 1 aromatic carbocycles. The summed E-state index contributed by atoms with van der Waals surface area (Å²) < 4.78 is 41.0. The standard InChI is InChI=1S/C21H28F2N2O4/c22-20(23)29-18-4-2-1-3-16(18)14-24-7-5-21(6-8-24)13-17(28-19(21)26)15-25-9-11-27-12-10-25/h1-4,17,20H,5-15H2. The van der Waals surface area contributed by atoms with Crippen LogP contribution >= 0.6 is 0 Å². The molecule has 0 aliphatic carbocycles. The summed E-state index contributed by atoms with van der Waals surface area (Å²) in [5, 5.41) is 0.